The predicted molar refractivity (Wildman–Crippen MR) is 58.5 cm³/mol. The summed E-state index contributed by atoms with van der Waals surface area (Å²) in [6.45, 7) is 5.73. The fourth-order valence-corrected chi connectivity index (χ4v) is 0.636. The molecule has 14 heavy (non-hydrogen) atoms. The van der Waals surface area contributed by atoms with Crippen molar-refractivity contribution in [3.63, 3.8) is 0 Å². The molecule has 0 radical (unpaired) electrons. The third kappa shape index (κ3) is 5.19. The molecule has 0 amide bonds. The molecule has 0 fully saturated rings. The van der Waals surface area contributed by atoms with Gasteiger partial charge in [-0.15, -0.1) is 0 Å². The number of rotatable bonds is 2. The molecule has 0 atom stereocenters. The molecule has 0 unspecified atom stereocenters. The highest BCUT2D eigenvalue weighted by atomic mass is 16.6. The van der Waals surface area contributed by atoms with Crippen LogP contribution in [0.3, 0.4) is 0 Å². The zero-order chi connectivity index (χ0) is 10.8. The average Bonchev–Trinajstić information content (AvgIpc) is 2.30. The number of para-hydroxylation sites is 1. The van der Waals surface area contributed by atoms with Crippen molar-refractivity contribution in [1.82, 2.24) is 0 Å². The van der Waals surface area contributed by atoms with E-state index in [0.717, 1.165) is 0 Å². The summed E-state index contributed by atoms with van der Waals surface area (Å²) in [5.41, 5.74) is 0. The molecule has 0 aliphatic carbocycles. The molecule has 3 heteroatoms. The summed E-state index contributed by atoms with van der Waals surface area (Å²) in [6.07, 6.45) is 0. The number of nitrogens with zero attached hydrogens (tertiary/aromatic N) is 1. The number of benzene rings is 1. The van der Waals surface area contributed by atoms with E-state index in [1.807, 2.05) is 44.2 Å². The van der Waals surface area contributed by atoms with Crippen molar-refractivity contribution in [3.8, 4) is 5.75 Å². The molecule has 1 rings (SSSR count). The van der Waals surface area contributed by atoms with E-state index in [2.05, 4.69) is 5.16 Å². The van der Waals surface area contributed by atoms with Gasteiger partial charge in [0.1, 0.15) is 0 Å². The number of methoxy groups -OCH3 is 1. The van der Waals surface area contributed by atoms with Crippen molar-refractivity contribution in [2.45, 2.75) is 20.8 Å². The van der Waals surface area contributed by atoms with Crippen molar-refractivity contribution in [1.29, 1.82) is 0 Å². The first-order valence-corrected chi connectivity index (χ1v) is 4.63. The van der Waals surface area contributed by atoms with Gasteiger partial charge < -0.3 is 9.57 Å². The average molecular weight is 195 g/mol. The Labute approximate surface area is 85.3 Å². The first-order valence-electron chi connectivity index (χ1n) is 4.63. The molecule has 0 heterocycles. The lowest BCUT2D eigenvalue weighted by Gasteiger charge is -1.98. The standard InChI is InChI=1S/C9H11NO2.C2H6/c1-8(11-2)10-12-9-6-4-3-5-7-9;1-2/h3-7H,1-2H3;1-2H3/b10-8-;. The van der Waals surface area contributed by atoms with Crippen LogP contribution in [0.5, 0.6) is 5.75 Å². The summed E-state index contributed by atoms with van der Waals surface area (Å²) in [6, 6.07) is 9.33. The van der Waals surface area contributed by atoms with Gasteiger partial charge in [-0.25, -0.2) is 0 Å². The van der Waals surface area contributed by atoms with Crippen LogP contribution in [0, 0.1) is 0 Å². The highest BCUT2D eigenvalue weighted by Gasteiger charge is 1.90. The molecule has 0 aromatic heterocycles. The van der Waals surface area contributed by atoms with Crippen LogP contribution in [0.15, 0.2) is 35.5 Å². The maximum Gasteiger partial charge on any atom is 0.222 e. The molecule has 3 nitrogen and oxygen atoms in total. The van der Waals surface area contributed by atoms with Crippen LogP contribution in [0.25, 0.3) is 0 Å². The van der Waals surface area contributed by atoms with Gasteiger partial charge in [0, 0.05) is 6.92 Å². The largest absolute Gasteiger partial charge is 0.482 e. The van der Waals surface area contributed by atoms with Gasteiger partial charge in [-0.2, -0.15) is 0 Å². The fraction of sp³-hybridized carbons (Fsp3) is 0.364. The lowest BCUT2D eigenvalue weighted by molar-refractivity contribution is 0.304. The predicted octanol–water partition coefficient (Wildman–Crippen LogP) is 3.07. The molecule has 1 aromatic carbocycles. The number of ether oxygens (including phenoxy) is 1. The van der Waals surface area contributed by atoms with Gasteiger partial charge in [0.05, 0.1) is 7.11 Å². The Morgan fingerprint density at radius 1 is 1.14 bits per heavy atom. The van der Waals surface area contributed by atoms with Gasteiger partial charge in [-0.3, -0.25) is 0 Å². The van der Waals surface area contributed by atoms with Gasteiger partial charge in [0.15, 0.2) is 5.75 Å². The number of oxime groups is 1. The Hall–Kier alpha value is -1.51. The zero-order valence-electron chi connectivity index (χ0n) is 9.15. The smallest absolute Gasteiger partial charge is 0.222 e. The Kier molecular flexibility index (Phi) is 7.23. The zero-order valence-corrected chi connectivity index (χ0v) is 9.15. The van der Waals surface area contributed by atoms with Gasteiger partial charge in [0.25, 0.3) is 0 Å². The normalized spacial score (nSPS) is 9.86. The lowest BCUT2D eigenvalue weighted by Crippen LogP contribution is -1.96. The van der Waals surface area contributed by atoms with Gasteiger partial charge >= 0.3 is 0 Å². The van der Waals surface area contributed by atoms with Gasteiger partial charge in [-0.1, -0.05) is 32.0 Å². The Bertz CT molecular complexity index is 257. The lowest BCUT2D eigenvalue weighted by atomic mass is 10.3. The molecule has 0 spiro atoms. The van der Waals surface area contributed by atoms with E-state index in [1.54, 1.807) is 14.0 Å². The van der Waals surface area contributed by atoms with Crippen LogP contribution in [-0.4, -0.2) is 13.0 Å². The van der Waals surface area contributed by atoms with Crippen molar-refractivity contribution >= 4 is 5.90 Å². The van der Waals surface area contributed by atoms with Crippen LogP contribution in [0.4, 0.5) is 0 Å². The highest BCUT2D eigenvalue weighted by molar-refractivity contribution is 5.72. The van der Waals surface area contributed by atoms with Crippen molar-refractivity contribution in [3.05, 3.63) is 30.3 Å². The molecule has 1 aromatic rings. The molecule has 78 valence electrons. The first kappa shape index (κ1) is 12.5. The number of hydrogen-bond acceptors (Lipinski definition) is 3. The second kappa shape index (κ2) is 8.10. The summed E-state index contributed by atoms with van der Waals surface area (Å²) in [5, 5.41) is 3.71. The van der Waals surface area contributed by atoms with E-state index in [4.69, 9.17) is 9.57 Å². The second-order valence-corrected chi connectivity index (χ2v) is 2.22. The molecule has 0 saturated heterocycles. The van der Waals surface area contributed by atoms with Gasteiger partial charge in [-0.05, 0) is 17.3 Å². The van der Waals surface area contributed by atoms with Crippen LogP contribution in [-0.2, 0) is 4.74 Å². The summed E-state index contributed by atoms with van der Waals surface area (Å²) in [5.74, 6) is 1.20. The third-order valence-electron chi connectivity index (χ3n) is 1.32. The van der Waals surface area contributed by atoms with Crippen molar-refractivity contribution in [2.75, 3.05) is 7.11 Å². The maximum atomic E-state index is 5.02. The molecular weight excluding hydrogens is 178 g/mol. The van der Waals surface area contributed by atoms with Crippen LogP contribution >= 0.6 is 0 Å². The summed E-state index contributed by atoms with van der Waals surface area (Å²) in [7, 11) is 1.55. The van der Waals surface area contributed by atoms with E-state index in [9.17, 15) is 0 Å². The van der Waals surface area contributed by atoms with Crippen LogP contribution in [0.1, 0.15) is 20.8 Å². The minimum absolute atomic E-state index is 0.499. The molecule has 0 N–H and O–H groups in total. The molecule has 0 bridgehead atoms. The van der Waals surface area contributed by atoms with E-state index in [-0.39, 0.29) is 0 Å². The van der Waals surface area contributed by atoms with Gasteiger partial charge in [0.2, 0.25) is 5.90 Å². The van der Waals surface area contributed by atoms with Crippen molar-refractivity contribution in [2.24, 2.45) is 5.16 Å². The molecule has 0 aliphatic heterocycles. The minimum atomic E-state index is 0.499. The summed E-state index contributed by atoms with van der Waals surface area (Å²) < 4.78 is 4.80. The minimum Gasteiger partial charge on any atom is -0.482 e. The number of hydrogen-bond donors (Lipinski definition) is 0. The molecule has 0 aliphatic rings. The Morgan fingerprint density at radius 3 is 2.21 bits per heavy atom. The Morgan fingerprint density at radius 2 is 1.71 bits per heavy atom. The molecule has 0 saturated carbocycles. The summed E-state index contributed by atoms with van der Waals surface area (Å²) >= 11 is 0. The van der Waals surface area contributed by atoms with E-state index in [1.165, 1.54) is 0 Å². The van der Waals surface area contributed by atoms with E-state index >= 15 is 0 Å². The van der Waals surface area contributed by atoms with E-state index < -0.39 is 0 Å². The second-order valence-electron chi connectivity index (χ2n) is 2.22. The summed E-state index contributed by atoms with van der Waals surface area (Å²) in [4.78, 5) is 5.02. The first-order chi connectivity index (χ1) is 6.83. The quantitative estimate of drug-likeness (QED) is 0.412. The Balaban J connectivity index is 0.000000791. The van der Waals surface area contributed by atoms with Crippen LogP contribution in [0.2, 0.25) is 0 Å². The highest BCUT2D eigenvalue weighted by Crippen LogP contribution is 2.08. The monoisotopic (exact) mass is 195 g/mol. The van der Waals surface area contributed by atoms with Crippen molar-refractivity contribution < 1.29 is 9.57 Å². The SMILES string of the molecule is CC.CO/C(C)=N\Oc1ccccc1. The third-order valence-corrected chi connectivity index (χ3v) is 1.32. The van der Waals surface area contributed by atoms with Crippen LogP contribution < -0.4 is 4.84 Å². The maximum absolute atomic E-state index is 5.02. The topological polar surface area (TPSA) is 30.8 Å². The molecular formula is C11H17NO2. The fourth-order valence-electron chi connectivity index (χ4n) is 0.636. The van der Waals surface area contributed by atoms with E-state index in [0.29, 0.717) is 11.6 Å².